The predicted octanol–water partition coefficient (Wildman–Crippen LogP) is 1.56. The van der Waals surface area contributed by atoms with E-state index in [1.54, 1.807) is 0 Å². The van der Waals surface area contributed by atoms with Crippen LogP contribution in [0, 0.1) is 0 Å². The Hall–Kier alpha value is -0.580. The van der Waals surface area contributed by atoms with Crippen LogP contribution >= 0.6 is 11.8 Å². The lowest BCUT2D eigenvalue weighted by Crippen LogP contribution is -2.51. The third-order valence-electron chi connectivity index (χ3n) is 3.68. The number of aromatic nitrogens is 1. The molecule has 100 valence electrons. The van der Waals surface area contributed by atoms with Gasteiger partial charge in [0.1, 0.15) is 0 Å². The summed E-state index contributed by atoms with van der Waals surface area (Å²) in [5.41, 5.74) is 8.75. The van der Waals surface area contributed by atoms with Gasteiger partial charge in [-0.1, -0.05) is 13.0 Å². The van der Waals surface area contributed by atoms with Crippen LogP contribution in [0.1, 0.15) is 18.2 Å². The first kappa shape index (κ1) is 13.8. The second kappa shape index (κ2) is 6.55. The summed E-state index contributed by atoms with van der Waals surface area (Å²) >= 11 is 2.01. The van der Waals surface area contributed by atoms with Gasteiger partial charge < -0.3 is 10.6 Å². The lowest BCUT2D eigenvalue weighted by atomic mass is 10.0. The molecule has 2 rings (SSSR count). The summed E-state index contributed by atoms with van der Waals surface area (Å²) in [6.07, 6.45) is 3.89. The van der Waals surface area contributed by atoms with Crippen molar-refractivity contribution in [3.63, 3.8) is 0 Å². The molecule has 0 saturated carbocycles. The molecule has 1 aromatic heterocycles. The summed E-state index contributed by atoms with van der Waals surface area (Å²) < 4.78 is 0. The summed E-state index contributed by atoms with van der Waals surface area (Å²) in [6.45, 7) is 3.29. The van der Waals surface area contributed by atoms with Crippen molar-refractivity contribution in [2.24, 2.45) is 5.73 Å². The maximum Gasteiger partial charge on any atom is 0.0419 e. The molecule has 1 aromatic rings. The van der Waals surface area contributed by atoms with Gasteiger partial charge in [0.2, 0.25) is 0 Å². The maximum absolute atomic E-state index is 6.35. The van der Waals surface area contributed by atoms with E-state index in [4.69, 9.17) is 5.73 Å². The molecule has 0 radical (unpaired) electrons. The van der Waals surface area contributed by atoms with E-state index in [9.17, 15) is 0 Å². The molecule has 0 bridgehead atoms. The van der Waals surface area contributed by atoms with E-state index in [-0.39, 0.29) is 6.04 Å². The Bertz CT molecular complexity index is 366. The number of nitrogens with zero attached hydrogens (tertiary/aromatic N) is 2. The third-order valence-corrected chi connectivity index (χ3v) is 4.72. The smallest absolute Gasteiger partial charge is 0.0419 e. The highest BCUT2D eigenvalue weighted by atomic mass is 32.2. The van der Waals surface area contributed by atoms with Gasteiger partial charge >= 0.3 is 0 Å². The summed E-state index contributed by atoms with van der Waals surface area (Å²) in [4.78, 5) is 6.89. The topological polar surface area (TPSA) is 42.1 Å². The minimum Gasteiger partial charge on any atom is -0.326 e. The maximum atomic E-state index is 6.35. The van der Waals surface area contributed by atoms with Gasteiger partial charge in [0.15, 0.2) is 0 Å². The van der Waals surface area contributed by atoms with Crippen LogP contribution in [-0.2, 0) is 12.8 Å². The van der Waals surface area contributed by atoms with Crippen molar-refractivity contribution in [1.82, 2.24) is 9.88 Å². The van der Waals surface area contributed by atoms with Crippen LogP contribution in [0.5, 0.6) is 0 Å². The minimum atomic E-state index is 0.183. The average Bonchev–Trinajstić information content (AvgIpc) is 2.40. The number of hydrogen-bond donors (Lipinski definition) is 1. The number of pyridine rings is 1. The second-order valence-corrected chi connectivity index (χ2v) is 6.15. The van der Waals surface area contributed by atoms with Crippen molar-refractivity contribution in [2.45, 2.75) is 31.8 Å². The normalized spacial score (nSPS) is 22.9. The van der Waals surface area contributed by atoms with Gasteiger partial charge in [-0.25, -0.2) is 0 Å². The van der Waals surface area contributed by atoms with E-state index < -0.39 is 0 Å². The fourth-order valence-electron chi connectivity index (χ4n) is 2.32. The first-order valence-corrected chi connectivity index (χ1v) is 7.83. The zero-order chi connectivity index (χ0) is 13.0. The van der Waals surface area contributed by atoms with Gasteiger partial charge in [-0.3, -0.25) is 4.98 Å². The van der Waals surface area contributed by atoms with Crippen molar-refractivity contribution >= 4 is 11.8 Å². The highest BCUT2D eigenvalue weighted by Gasteiger charge is 2.25. The SMILES string of the molecule is CCc1ccc(CC(N)C2CSCCN2C)nc1. The average molecular weight is 265 g/mol. The van der Waals surface area contributed by atoms with E-state index in [1.807, 2.05) is 18.0 Å². The molecular formula is C14H23N3S. The molecule has 18 heavy (non-hydrogen) atoms. The lowest BCUT2D eigenvalue weighted by molar-refractivity contribution is 0.235. The number of rotatable bonds is 4. The molecule has 1 aliphatic rings. The zero-order valence-electron chi connectivity index (χ0n) is 11.3. The Kier molecular flexibility index (Phi) is 5.03. The molecule has 4 heteroatoms. The molecule has 0 aliphatic carbocycles. The highest BCUT2D eigenvalue weighted by molar-refractivity contribution is 7.99. The molecule has 2 N–H and O–H groups in total. The van der Waals surface area contributed by atoms with Crippen LogP contribution in [0.3, 0.4) is 0 Å². The molecule has 2 unspecified atom stereocenters. The zero-order valence-corrected chi connectivity index (χ0v) is 12.1. The lowest BCUT2D eigenvalue weighted by Gasteiger charge is -2.36. The van der Waals surface area contributed by atoms with Crippen LogP contribution in [0.2, 0.25) is 0 Å². The van der Waals surface area contributed by atoms with Gasteiger partial charge in [0, 0.05) is 48.4 Å². The second-order valence-electron chi connectivity index (χ2n) is 5.00. The molecule has 3 nitrogen and oxygen atoms in total. The van der Waals surface area contributed by atoms with Crippen molar-refractivity contribution in [2.75, 3.05) is 25.1 Å². The van der Waals surface area contributed by atoms with Crippen LogP contribution < -0.4 is 5.73 Å². The van der Waals surface area contributed by atoms with Crippen LogP contribution in [0.4, 0.5) is 0 Å². The molecule has 1 aliphatic heterocycles. The summed E-state index contributed by atoms with van der Waals surface area (Å²) in [7, 11) is 2.18. The van der Waals surface area contributed by atoms with E-state index in [0.29, 0.717) is 6.04 Å². The minimum absolute atomic E-state index is 0.183. The van der Waals surface area contributed by atoms with Crippen LogP contribution in [0.15, 0.2) is 18.3 Å². The first-order chi connectivity index (χ1) is 8.70. The Labute approximate surface area is 114 Å². The Morgan fingerprint density at radius 1 is 1.56 bits per heavy atom. The monoisotopic (exact) mass is 265 g/mol. The number of hydrogen-bond acceptors (Lipinski definition) is 4. The van der Waals surface area contributed by atoms with Gasteiger partial charge in [0.05, 0.1) is 0 Å². The Balaban J connectivity index is 1.94. The van der Waals surface area contributed by atoms with E-state index >= 15 is 0 Å². The summed E-state index contributed by atoms with van der Waals surface area (Å²) in [5, 5.41) is 0. The van der Waals surface area contributed by atoms with Crippen molar-refractivity contribution in [1.29, 1.82) is 0 Å². The molecule has 1 fully saturated rings. The number of thioether (sulfide) groups is 1. The molecule has 0 aromatic carbocycles. The van der Waals surface area contributed by atoms with Crippen LogP contribution in [0.25, 0.3) is 0 Å². The third kappa shape index (κ3) is 3.46. The molecular weight excluding hydrogens is 242 g/mol. The molecule has 1 saturated heterocycles. The highest BCUT2D eigenvalue weighted by Crippen LogP contribution is 2.18. The van der Waals surface area contributed by atoms with Gasteiger partial charge in [-0.05, 0) is 25.1 Å². The predicted molar refractivity (Wildman–Crippen MR) is 79.0 cm³/mol. The summed E-state index contributed by atoms with van der Waals surface area (Å²) in [5.74, 6) is 2.37. The fourth-order valence-corrected chi connectivity index (χ4v) is 3.65. The van der Waals surface area contributed by atoms with Crippen molar-refractivity contribution in [3.8, 4) is 0 Å². The van der Waals surface area contributed by atoms with E-state index in [0.717, 1.165) is 30.8 Å². The van der Waals surface area contributed by atoms with E-state index in [2.05, 4.69) is 36.0 Å². The summed E-state index contributed by atoms with van der Waals surface area (Å²) in [6, 6.07) is 4.95. The van der Waals surface area contributed by atoms with Gasteiger partial charge in [-0.2, -0.15) is 11.8 Å². The Morgan fingerprint density at radius 2 is 2.39 bits per heavy atom. The largest absolute Gasteiger partial charge is 0.326 e. The standard InChI is InChI=1S/C14H23N3S/c1-3-11-4-5-12(16-9-11)8-13(15)14-10-18-7-6-17(14)2/h4-5,9,13-14H,3,6-8,10,15H2,1-2H3. The van der Waals surface area contributed by atoms with E-state index in [1.165, 1.54) is 11.3 Å². The van der Waals surface area contributed by atoms with Crippen molar-refractivity contribution < 1.29 is 0 Å². The van der Waals surface area contributed by atoms with Gasteiger partial charge in [-0.15, -0.1) is 0 Å². The number of nitrogens with two attached hydrogens (primary N) is 1. The molecule has 0 spiro atoms. The van der Waals surface area contributed by atoms with Crippen molar-refractivity contribution in [3.05, 3.63) is 29.6 Å². The molecule has 2 atom stereocenters. The fraction of sp³-hybridized carbons (Fsp3) is 0.643. The quantitative estimate of drug-likeness (QED) is 0.897. The van der Waals surface area contributed by atoms with Gasteiger partial charge in [0.25, 0.3) is 0 Å². The molecule has 0 amide bonds. The van der Waals surface area contributed by atoms with Crippen LogP contribution in [-0.4, -0.2) is 47.1 Å². The number of likely N-dealkylation sites (N-methyl/N-ethyl adjacent to an activating group) is 1. The molecule has 2 heterocycles. The number of aryl methyl sites for hydroxylation is 1. The first-order valence-electron chi connectivity index (χ1n) is 6.68. The Morgan fingerprint density at radius 3 is 3.00 bits per heavy atom.